The van der Waals surface area contributed by atoms with E-state index in [1.54, 1.807) is 6.07 Å². The van der Waals surface area contributed by atoms with Crippen LogP contribution in [0, 0.1) is 11.3 Å². The molecule has 0 aliphatic carbocycles. The lowest BCUT2D eigenvalue weighted by molar-refractivity contribution is -0.122. The maximum absolute atomic E-state index is 10.6. The normalized spacial score (nSPS) is 8.40. The van der Waals surface area contributed by atoms with Gasteiger partial charge in [0, 0.05) is 12.8 Å². The zero-order valence-electron chi connectivity index (χ0n) is 5.89. The van der Waals surface area contributed by atoms with Crippen molar-refractivity contribution in [3.63, 3.8) is 0 Å². The van der Waals surface area contributed by atoms with Crippen LogP contribution in [-0.4, -0.2) is 11.6 Å². The largest absolute Gasteiger partial charge is 0.300 e. The molecule has 0 aromatic rings. The fraction of sp³-hybridized carbons (Fsp3) is 0.571. The second kappa shape index (κ2) is 4.68. The molecule has 0 heterocycles. The Balaban J connectivity index is 3.42. The number of nitriles is 1. The van der Waals surface area contributed by atoms with E-state index < -0.39 is 0 Å². The second-order valence-corrected chi connectivity index (χ2v) is 2.08. The molecular weight excluding hydrogens is 130 g/mol. The van der Waals surface area contributed by atoms with E-state index in [4.69, 9.17) is 5.26 Å². The molecular formula is C7H9NO2. The minimum atomic E-state index is -0.155. The summed E-state index contributed by atoms with van der Waals surface area (Å²) in [4.78, 5) is 20.9. The van der Waals surface area contributed by atoms with Crippen molar-refractivity contribution in [2.75, 3.05) is 0 Å². The Hall–Kier alpha value is -1.17. The monoisotopic (exact) mass is 139 g/mol. The molecule has 54 valence electrons. The summed E-state index contributed by atoms with van der Waals surface area (Å²) in [6.07, 6.45) is 0.399. The van der Waals surface area contributed by atoms with Gasteiger partial charge >= 0.3 is 0 Å². The molecule has 0 bridgehead atoms. The predicted octanol–water partition coefficient (Wildman–Crippen LogP) is 0.838. The Kier molecular flexibility index (Phi) is 4.14. The highest BCUT2D eigenvalue weighted by Crippen LogP contribution is 1.94. The van der Waals surface area contributed by atoms with Gasteiger partial charge in [0.25, 0.3) is 0 Å². The van der Waals surface area contributed by atoms with Crippen LogP contribution < -0.4 is 0 Å². The van der Waals surface area contributed by atoms with Gasteiger partial charge in [-0.15, -0.1) is 0 Å². The molecule has 0 aromatic carbocycles. The molecule has 3 nitrogen and oxygen atoms in total. The molecule has 0 saturated heterocycles. The van der Waals surface area contributed by atoms with Crippen LogP contribution in [0.5, 0.6) is 0 Å². The number of ketones is 2. The molecule has 0 atom stereocenters. The average Bonchev–Trinajstić information content (AvgIpc) is 1.85. The zero-order valence-corrected chi connectivity index (χ0v) is 5.89. The van der Waals surface area contributed by atoms with Gasteiger partial charge in [0.15, 0.2) is 0 Å². The molecule has 0 radical (unpaired) electrons. The standard InChI is InChI=1S/C7H9NO2/c1-6(9)2-3-7(10)4-5-8/h2-4H2,1H3. The van der Waals surface area contributed by atoms with Crippen molar-refractivity contribution in [2.45, 2.75) is 26.2 Å². The average molecular weight is 139 g/mol. The van der Waals surface area contributed by atoms with Gasteiger partial charge in [-0.1, -0.05) is 0 Å². The maximum atomic E-state index is 10.6. The van der Waals surface area contributed by atoms with E-state index >= 15 is 0 Å². The van der Waals surface area contributed by atoms with Crippen molar-refractivity contribution in [3.8, 4) is 6.07 Å². The van der Waals surface area contributed by atoms with Crippen molar-refractivity contribution < 1.29 is 9.59 Å². The SMILES string of the molecule is CC(=O)CCC(=O)CC#N. The third-order valence-corrected chi connectivity index (χ3v) is 1.03. The van der Waals surface area contributed by atoms with E-state index in [1.165, 1.54) is 6.92 Å². The first kappa shape index (κ1) is 8.83. The van der Waals surface area contributed by atoms with Gasteiger partial charge in [0.1, 0.15) is 11.6 Å². The Morgan fingerprint density at radius 3 is 2.40 bits per heavy atom. The third kappa shape index (κ3) is 4.98. The van der Waals surface area contributed by atoms with E-state index in [0.717, 1.165) is 0 Å². The first-order valence-corrected chi connectivity index (χ1v) is 3.05. The zero-order chi connectivity index (χ0) is 7.98. The summed E-state index contributed by atoms with van der Waals surface area (Å²) in [6, 6.07) is 1.73. The smallest absolute Gasteiger partial charge is 0.147 e. The summed E-state index contributed by atoms with van der Waals surface area (Å²) in [5, 5.41) is 8.05. The summed E-state index contributed by atoms with van der Waals surface area (Å²) >= 11 is 0. The molecule has 0 unspecified atom stereocenters. The third-order valence-electron chi connectivity index (χ3n) is 1.03. The number of carbonyl (C=O) groups is 2. The minimum absolute atomic E-state index is 0.00807. The topological polar surface area (TPSA) is 57.9 Å². The number of nitrogens with zero attached hydrogens (tertiary/aromatic N) is 1. The summed E-state index contributed by atoms with van der Waals surface area (Å²) in [7, 11) is 0. The van der Waals surface area contributed by atoms with E-state index in [1.807, 2.05) is 0 Å². The number of rotatable bonds is 4. The molecule has 0 aliphatic heterocycles. The van der Waals surface area contributed by atoms with Gasteiger partial charge in [-0.05, 0) is 6.92 Å². The van der Waals surface area contributed by atoms with Crippen LogP contribution in [0.4, 0.5) is 0 Å². The summed E-state index contributed by atoms with van der Waals surface area (Å²) < 4.78 is 0. The lowest BCUT2D eigenvalue weighted by Crippen LogP contribution is -1.99. The first-order chi connectivity index (χ1) is 4.66. The van der Waals surface area contributed by atoms with E-state index in [2.05, 4.69) is 0 Å². The summed E-state index contributed by atoms with van der Waals surface area (Å²) in [5.74, 6) is -0.163. The molecule has 0 saturated carbocycles. The lowest BCUT2D eigenvalue weighted by Gasteiger charge is -1.90. The van der Waals surface area contributed by atoms with Crippen LogP contribution in [0.25, 0.3) is 0 Å². The number of hydrogen-bond donors (Lipinski definition) is 0. The Morgan fingerprint density at radius 1 is 1.40 bits per heavy atom. The van der Waals surface area contributed by atoms with Crippen molar-refractivity contribution in [2.24, 2.45) is 0 Å². The highest BCUT2D eigenvalue weighted by molar-refractivity contribution is 5.85. The van der Waals surface area contributed by atoms with Crippen LogP contribution in [0.15, 0.2) is 0 Å². The Labute approximate surface area is 59.6 Å². The molecule has 0 aromatic heterocycles. The maximum Gasteiger partial charge on any atom is 0.147 e. The quantitative estimate of drug-likeness (QED) is 0.579. The number of hydrogen-bond acceptors (Lipinski definition) is 3. The Morgan fingerprint density at radius 2 is 2.00 bits per heavy atom. The fourth-order valence-corrected chi connectivity index (χ4v) is 0.492. The highest BCUT2D eigenvalue weighted by atomic mass is 16.1. The highest BCUT2D eigenvalue weighted by Gasteiger charge is 2.01. The van der Waals surface area contributed by atoms with Crippen LogP contribution in [0.3, 0.4) is 0 Å². The van der Waals surface area contributed by atoms with E-state index in [0.29, 0.717) is 0 Å². The molecule has 3 heteroatoms. The van der Waals surface area contributed by atoms with Gasteiger partial charge < -0.3 is 4.79 Å². The van der Waals surface area contributed by atoms with E-state index in [9.17, 15) is 9.59 Å². The van der Waals surface area contributed by atoms with Gasteiger partial charge in [-0.2, -0.15) is 5.26 Å². The van der Waals surface area contributed by atoms with Gasteiger partial charge in [0.2, 0.25) is 0 Å². The van der Waals surface area contributed by atoms with Gasteiger partial charge in [-0.25, -0.2) is 0 Å². The first-order valence-electron chi connectivity index (χ1n) is 3.05. The summed E-state index contributed by atoms with van der Waals surface area (Å²) in [6.45, 7) is 1.43. The minimum Gasteiger partial charge on any atom is -0.300 e. The molecule has 0 aliphatic rings. The van der Waals surface area contributed by atoms with Crippen LogP contribution >= 0.6 is 0 Å². The van der Waals surface area contributed by atoms with E-state index in [-0.39, 0.29) is 30.8 Å². The Bertz CT molecular complexity index is 179. The van der Waals surface area contributed by atoms with Gasteiger partial charge in [-0.3, -0.25) is 4.79 Å². The molecule has 0 N–H and O–H groups in total. The number of Topliss-reactive ketones (excluding diaryl/α,β-unsaturated/α-hetero) is 2. The lowest BCUT2D eigenvalue weighted by atomic mass is 10.1. The molecule has 0 fully saturated rings. The fourth-order valence-electron chi connectivity index (χ4n) is 0.492. The molecule has 10 heavy (non-hydrogen) atoms. The van der Waals surface area contributed by atoms with Crippen LogP contribution in [0.1, 0.15) is 26.2 Å². The second-order valence-electron chi connectivity index (χ2n) is 2.08. The molecule has 0 amide bonds. The van der Waals surface area contributed by atoms with Crippen molar-refractivity contribution in [1.82, 2.24) is 0 Å². The van der Waals surface area contributed by atoms with Crippen molar-refractivity contribution >= 4 is 11.6 Å². The van der Waals surface area contributed by atoms with Crippen LogP contribution in [-0.2, 0) is 9.59 Å². The molecule has 0 spiro atoms. The van der Waals surface area contributed by atoms with Gasteiger partial charge in [0.05, 0.1) is 12.5 Å². The van der Waals surface area contributed by atoms with Crippen LogP contribution in [0.2, 0.25) is 0 Å². The van der Waals surface area contributed by atoms with Crippen molar-refractivity contribution in [3.05, 3.63) is 0 Å². The molecule has 0 rings (SSSR count). The summed E-state index contributed by atoms with van der Waals surface area (Å²) in [5.41, 5.74) is 0. The number of carbonyl (C=O) groups excluding carboxylic acids is 2. The van der Waals surface area contributed by atoms with Crippen molar-refractivity contribution in [1.29, 1.82) is 5.26 Å². The predicted molar refractivity (Wildman–Crippen MR) is 35.2 cm³/mol.